The van der Waals surface area contributed by atoms with Crippen LogP contribution < -0.4 is 10.2 Å². The summed E-state index contributed by atoms with van der Waals surface area (Å²) in [6.07, 6.45) is 4.19. The maximum Gasteiger partial charge on any atom is 0.205 e. The van der Waals surface area contributed by atoms with Gasteiger partial charge in [-0.1, -0.05) is 6.92 Å². The molecule has 0 atom stereocenters. The van der Waals surface area contributed by atoms with Gasteiger partial charge in [-0.05, 0) is 25.4 Å². The number of nitrogens with one attached hydrogen (secondary N) is 1. The Balaban J connectivity index is 1.87. The van der Waals surface area contributed by atoms with Crippen LogP contribution in [0.5, 0.6) is 0 Å². The number of rotatable bonds is 7. The van der Waals surface area contributed by atoms with Crippen LogP contribution in [-0.4, -0.2) is 71.5 Å². The summed E-state index contributed by atoms with van der Waals surface area (Å²) in [6, 6.07) is 0. The Morgan fingerprint density at radius 1 is 1.30 bits per heavy atom. The minimum atomic E-state index is 0.902. The third-order valence-electron chi connectivity index (χ3n) is 3.73. The van der Waals surface area contributed by atoms with Crippen LogP contribution in [-0.2, 0) is 6.42 Å². The summed E-state index contributed by atoms with van der Waals surface area (Å²) in [4.78, 5) is 14.1. The number of thioether (sulfide) groups is 1. The standard InChI is InChI=1S/C15H28N6S2/c1-4-13-18-15(23-19-13)21-10-8-20(9-11-21)14(16-5-2)17-7-6-12-22-3/h4-12H2,1-3H3,(H,16,17). The lowest BCUT2D eigenvalue weighted by atomic mass is 10.3. The monoisotopic (exact) mass is 356 g/mol. The predicted octanol–water partition coefficient (Wildman–Crippen LogP) is 1.94. The van der Waals surface area contributed by atoms with Gasteiger partial charge in [-0.15, -0.1) is 0 Å². The van der Waals surface area contributed by atoms with Crippen LogP contribution in [0, 0.1) is 0 Å². The normalized spacial score (nSPS) is 16.0. The molecule has 6 nitrogen and oxygen atoms in total. The fourth-order valence-electron chi connectivity index (χ4n) is 2.45. The predicted molar refractivity (Wildman–Crippen MR) is 102 cm³/mol. The molecule has 8 heteroatoms. The van der Waals surface area contributed by atoms with Crippen LogP contribution in [0.3, 0.4) is 0 Å². The minimum Gasteiger partial charge on any atom is -0.357 e. The van der Waals surface area contributed by atoms with Gasteiger partial charge < -0.3 is 15.1 Å². The van der Waals surface area contributed by atoms with Crippen LogP contribution in [0.25, 0.3) is 0 Å². The van der Waals surface area contributed by atoms with Gasteiger partial charge in [-0.3, -0.25) is 4.99 Å². The largest absolute Gasteiger partial charge is 0.357 e. The number of anilines is 1. The highest BCUT2D eigenvalue weighted by Gasteiger charge is 2.21. The molecule has 1 saturated heterocycles. The molecule has 0 unspecified atom stereocenters. The lowest BCUT2D eigenvalue weighted by Crippen LogP contribution is -2.52. The fraction of sp³-hybridized carbons (Fsp3) is 0.800. The smallest absolute Gasteiger partial charge is 0.205 e. The van der Waals surface area contributed by atoms with E-state index >= 15 is 0 Å². The summed E-state index contributed by atoms with van der Waals surface area (Å²) in [6.45, 7) is 9.96. The van der Waals surface area contributed by atoms with E-state index in [1.165, 1.54) is 17.3 Å². The number of hydrogen-bond acceptors (Lipinski definition) is 6. The summed E-state index contributed by atoms with van der Waals surface area (Å²) in [5.74, 6) is 3.18. The summed E-state index contributed by atoms with van der Waals surface area (Å²) in [5, 5.41) is 4.48. The van der Waals surface area contributed by atoms with Crippen molar-refractivity contribution in [2.75, 3.05) is 56.2 Å². The van der Waals surface area contributed by atoms with Crippen LogP contribution in [0.15, 0.2) is 4.99 Å². The van der Waals surface area contributed by atoms with Gasteiger partial charge in [0, 0.05) is 57.2 Å². The van der Waals surface area contributed by atoms with E-state index in [9.17, 15) is 0 Å². The SMILES string of the molecule is CCNC(=NCCCSC)N1CCN(c2nc(CC)ns2)CC1. The number of piperazine rings is 1. The van der Waals surface area contributed by atoms with Crippen molar-refractivity contribution in [2.24, 2.45) is 4.99 Å². The molecule has 1 fully saturated rings. The Kier molecular flexibility index (Phi) is 7.94. The Bertz CT molecular complexity index is 482. The van der Waals surface area contributed by atoms with Crippen molar-refractivity contribution in [3.63, 3.8) is 0 Å². The minimum absolute atomic E-state index is 0.902. The molecular weight excluding hydrogens is 328 g/mol. The maximum atomic E-state index is 4.76. The molecule has 0 saturated carbocycles. The number of aliphatic imine (C=N–C) groups is 1. The third-order valence-corrected chi connectivity index (χ3v) is 5.24. The molecule has 1 aromatic heterocycles. The van der Waals surface area contributed by atoms with Gasteiger partial charge in [0.25, 0.3) is 0 Å². The molecule has 0 amide bonds. The van der Waals surface area contributed by atoms with Crippen molar-refractivity contribution in [3.05, 3.63) is 5.82 Å². The molecule has 1 N–H and O–H groups in total. The molecule has 2 heterocycles. The van der Waals surface area contributed by atoms with Crippen molar-refractivity contribution in [2.45, 2.75) is 26.7 Å². The van der Waals surface area contributed by atoms with Crippen molar-refractivity contribution in [1.82, 2.24) is 19.6 Å². The number of guanidine groups is 1. The van der Waals surface area contributed by atoms with E-state index in [4.69, 9.17) is 4.99 Å². The van der Waals surface area contributed by atoms with Gasteiger partial charge in [0.1, 0.15) is 5.82 Å². The van der Waals surface area contributed by atoms with E-state index in [-0.39, 0.29) is 0 Å². The molecule has 0 aromatic carbocycles. The second-order valence-corrected chi connectivity index (χ2v) is 7.12. The number of aromatic nitrogens is 2. The fourth-order valence-corrected chi connectivity index (χ4v) is 3.66. The molecule has 2 rings (SSSR count). The molecule has 0 radical (unpaired) electrons. The molecule has 0 aliphatic carbocycles. The molecule has 23 heavy (non-hydrogen) atoms. The number of nitrogens with zero attached hydrogens (tertiary/aromatic N) is 5. The van der Waals surface area contributed by atoms with Gasteiger partial charge in [0.05, 0.1) is 0 Å². The zero-order chi connectivity index (χ0) is 16.5. The Hall–Kier alpha value is -1.02. The van der Waals surface area contributed by atoms with Crippen molar-refractivity contribution in [1.29, 1.82) is 0 Å². The Labute approximate surface area is 147 Å². The quantitative estimate of drug-likeness (QED) is 0.458. The Morgan fingerprint density at radius 3 is 2.70 bits per heavy atom. The first-order chi connectivity index (χ1) is 11.3. The van der Waals surface area contributed by atoms with Gasteiger partial charge in [0.15, 0.2) is 5.96 Å². The van der Waals surface area contributed by atoms with E-state index in [2.05, 4.69) is 44.6 Å². The number of hydrogen-bond donors (Lipinski definition) is 1. The zero-order valence-electron chi connectivity index (χ0n) is 14.4. The van der Waals surface area contributed by atoms with Crippen molar-refractivity contribution >= 4 is 34.4 Å². The van der Waals surface area contributed by atoms with Crippen LogP contribution in [0.1, 0.15) is 26.1 Å². The van der Waals surface area contributed by atoms with E-state index in [0.29, 0.717) is 0 Å². The molecular formula is C15H28N6S2. The molecule has 1 aromatic rings. The molecule has 1 aliphatic heterocycles. The Morgan fingerprint density at radius 2 is 2.09 bits per heavy atom. The second kappa shape index (κ2) is 9.97. The van der Waals surface area contributed by atoms with E-state index in [0.717, 1.165) is 69.0 Å². The third kappa shape index (κ3) is 5.53. The summed E-state index contributed by atoms with van der Waals surface area (Å²) < 4.78 is 4.39. The highest BCUT2D eigenvalue weighted by Crippen LogP contribution is 2.19. The first-order valence-electron chi connectivity index (χ1n) is 8.38. The second-order valence-electron chi connectivity index (χ2n) is 5.40. The van der Waals surface area contributed by atoms with Crippen LogP contribution in [0.4, 0.5) is 5.13 Å². The molecule has 1 aliphatic rings. The summed E-state index contributed by atoms with van der Waals surface area (Å²) in [7, 11) is 0. The summed E-state index contributed by atoms with van der Waals surface area (Å²) in [5.41, 5.74) is 0. The van der Waals surface area contributed by atoms with Crippen molar-refractivity contribution < 1.29 is 0 Å². The number of aryl methyl sites for hydroxylation is 1. The highest BCUT2D eigenvalue weighted by atomic mass is 32.2. The first kappa shape index (κ1) is 18.3. The van der Waals surface area contributed by atoms with Gasteiger partial charge >= 0.3 is 0 Å². The lowest BCUT2D eigenvalue weighted by Gasteiger charge is -2.36. The average Bonchev–Trinajstić information content (AvgIpc) is 3.07. The molecule has 0 bridgehead atoms. The van der Waals surface area contributed by atoms with E-state index in [1.807, 2.05) is 11.8 Å². The highest BCUT2D eigenvalue weighted by molar-refractivity contribution is 7.98. The van der Waals surface area contributed by atoms with Crippen LogP contribution >= 0.6 is 23.3 Å². The van der Waals surface area contributed by atoms with Crippen molar-refractivity contribution in [3.8, 4) is 0 Å². The van der Waals surface area contributed by atoms with Gasteiger partial charge in [-0.25, -0.2) is 4.98 Å². The zero-order valence-corrected chi connectivity index (χ0v) is 16.0. The molecule has 130 valence electrons. The molecule has 0 spiro atoms. The van der Waals surface area contributed by atoms with E-state index in [1.54, 1.807) is 0 Å². The average molecular weight is 357 g/mol. The first-order valence-corrected chi connectivity index (χ1v) is 10.5. The lowest BCUT2D eigenvalue weighted by molar-refractivity contribution is 0.372. The topological polar surface area (TPSA) is 56.7 Å². The van der Waals surface area contributed by atoms with E-state index < -0.39 is 0 Å². The van der Waals surface area contributed by atoms with Gasteiger partial charge in [0.2, 0.25) is 5.13 Å². The maximum absolute atomic E-state index is 4.76. The van der Waals surface area contributed by atoms with Crippen LogP contribution in [0.2, 0.25) is 0 Å². The van der Waals surface area contributed by atoms with Gasteiger partial charge in [-0.2, -0.15) is 16.1 Å². The summed E-state index contributed by atoms with van der Waals surface area (Å²) >= 11 is 3.40.